The Bertz CT molecular complexity index is 234. The summed E-state index contributed by atoms with van der Waals surface area (Å²) in [6.45, 7) is 7.07. The summed E-state index contributed by atoms with van der Waals surface area (Å²) in [5.41, 5.74) is -0.404. The van der Waals surface area contributed by atoms with E-state index in [0.717, 1.165) is 5.41 Å². The van der Waals surface area contributed by atoms with Crippen molar-refractivity contribution in [3.8, 4) is 0 Å². The second kappa shape index (κ2) is 3.36. The number of hydrogen-bond acceptors (Lipinski definition) is 2. The summed E-state index contributed by atoms with van der Waals surface area (Å²) >= 11 is 0. The molecule has 0 unspecified atom stereocenters. The fourth-order valence-corrected chi connectivity index (χ4v) is 1.92. The monoisotopic (exact) mass is 177 g/mol. The van der Waals surface area contributed by atoms with Crippen molar-refractivity contribution in [2.24, 2.45) is 0 Å². The summed E-state index contributed by atoms with van der Waals surface area (Å²) in [7, 11) is -3.22. The van der Waals surface area contributed by atoms with Crippen molar-refractivity contribution in [3.63, 3.8) is 0 Å². The van der Waals surface area contributed by atoms with E-state index >= 15 is 0 Å². The number of hydrogen-bond donors (Lipinski definition) is 1. The molecular formula is C7H15NO2S. The zero-order valence-corrected chi connectivity index (χ0v) is 8.20. The Morgan fingerprint density at radius 2 is 1.73 bits per heavy atom. The van der Waals surface area contributed by atoms with E-state index in [4.69, 9.17) is 0 Å². The molecule has 0 saturated heterocycles. The van der Waals surface area contributed by atoms with Crippen LogP contribution in [0.25, 0.3) is 0 Å². The zero-order chi connectivity index (χ0) is 9.12. The SMILES string of the molecule is C/C=C/S(=O)(=O)NC(C)(C)C. The number of rotatable bonds is 2. The molecule has 0 saturated carbocycles. The van der Waals surface area contributed by atoms with Crippen molar-refractivity contribution < 1.29 is 8.42 Å². The molecule has 0 rings (SSSR count). The van der Waals surface area contributed by atoms with Crippen molar-refractivity contribution in [1.82, 2.24) is 4.72 Å². The minimum Gasteiger partial charge on any atom is -0.208 e. The summed E-state index contributed by atoms with van der Waals surface area (Å²) in [6, 6.07) is 0. The third-order valence-corrected chi connectivity index (χ3v) is 2.29. The van der Waals surface area contributed by atoms with Crippen LogP contribution in [0.3, 0.4) is 0 Å². The third-order valence-electron chi connectivity index (χ3n) is 0.764. The molecule has 0 radical (unpaired) electrons. The highest BCUT2D eigenvalue weighted by Crippen LogP contribution is 2.02. The maximum Gasteiger partial charge on any atom is 0.233 e. The first-order chi connectivity index (χ1) is 4.77. The lowest BCUT2D eigenvalue weighted by Gasteiger charge is -2.18. The molecule has 4 heteroatoms. The van der Waals surface area contributed by atoms with Crippen LogP contribution in [0.2, 0.25) is 0 Å². The van der Waals surface area contributed by atoms with Crippen molar-refractivity contribution in [3.05, 3.63) is 11.5 Å². The third kappa shape index (κ3) is 6.06. The number of allylic oxidation sites excluding steroid dienone is 1. The molecule has 66 valence electrons. The molecule has 0 aromatic heterocycles. The number of nitrogens with one attached hydrogen (secondary N) is 1. The predicted octanol–water partition coefficient (Wildman–Crippen LogP) is 1.24. The molecule has 0 aromatic rings. The topological polar surface area (TPSA) is 46.2 Å². The summed E-state index contributed by atoms with van der Waals surface area (Å²) in [6.07, 6.45) is 1.49. The van der Waals surface area contributed by atoms with E-state index in [9.17, 15) is 8.42 Å². The molecular weight excluding hydrogens is 162 g/mol. The van der Waals surface area contributed by atoms with Crippen LogP contribution in [0.4, 0.5) is 0 Å². The fraction of sp³-hybridized carbons (Fsp3) is 0.714. The molecule has 0 atom stereocenters. The van der Waals surface area contributed by atoms with Gasteiger partial charge in [0.2, 0.25) is 10.0 Å². The lowest BCUT2D eigenvalue weighted by molar-refractivity contribution is 0.496. The van der Waals surface area contributed by atoms with E-state index in [0.29, 0.717) is 0 Å². The van der Waals surface area contributed by atoms with Gasteiger partial charge in [-0.1, -0.05) is 6.08 Å². The van der Waals surface area contributed by atoms with Crippen LogP contribution in [0, 0.1) is 0 Å². The van der Waals surface area contributed by atoms with Crippen LogP contribution in [-0.2, 0) is 10.0 Å². The molecule has 0 aliphatic carbocycles. The van der Waals surface area contributed by atoms with Gasteiger partial charge in [-0.05, 0) is 27.7 Å². The molecule has 1 N–H and O–H groups in total. The van der Waals surface area contributed by atoms with Crippen LogP contribution in [0.15, 0.2) is 11.5 Å². The predicted molar refractivity (Wildman–Crippen MR) is 46.6 cm³/mol. The largest absolute Gasteiger partial charge is 0.233 e. The van der Waals surface area contributed by atoms with E-state index in [1.54, 1.807) is 27.7 Å². The Balaban J connectivity index is 4.39. The van der Waals surface area contributed by atoms with E-state index < -0.39 is 15.6 Å². The van der Waals surface area contributed by atoms with E-state index in [2.05, 4.69) is 4.72 Å². The van der Waals surface area contributed by atoms with Gasteiger partial charge in [0.05, 0.1) is 0 Å². The molecule has 11 heavy (non-hydrogen) atoms. The first-order valence-electron chi connectivity index (χ1n) is 3.43. The maximum absolute atomic E-state index is 11.0. The van der Waals surface area contributed by atoms with E-state index in [1.165, 1.54) is 6.08 Å². The Labute approximate surface area is 68.5 Å². The zero-order valence-electron chi connectivity index (χ0n) is 7.38. The molecule has 0 aliphatic rings. The van der Waals surface area contributed by atoms with Crippen molar-refractivity contribution in [2.75, 3.05) is 0 Å². The van der Waals surface area contributed by atoms with Crippen molar-refractivity contribution >= 4 is 10.0 Å². The molecule has 0 bridgehead atoms. The highest BCUT2D eigenvalue weighted by Gasteiger charge is 2.16. The Kier molecular flexibility index (Phi) is 3.26. The van der Waals surface area contributed by atoms with Crippen LogP contribution in [0.1, 0.15) is 27.7 Å². The van der Waals surface area contributed by atoms with Gasteiger partial charge in [0.25, 0.3) is 0 Å². The average Bonchev–Trinajstić information content (AvgIpc) is 1.55. The first-order valence-corrected chi connectivity index (χ1v) is 4.98. The molecule has 0 amide bonds. The van der Waals surface area contributed by atoms with Gasteiger partial charge in [-0.15, -0.1) is 0 Å². The molecule has 0 aromatic carbocycles. The normalized spacial score (nSPS) is 14.2. The van der Waals surface area contributed by atoms with E-state index in [1.807, 2.05) is 0 Å². The second-order valence-electron chi connectivity index (χ2n) is 3.37. The van der Waals surface area contributed by atoms with Gasteiger partial charge in [-0.25, -0.2) is 13.1 Å². The standard InChI is InChI=1S/C7H15NO2S/c1-5-6-11(9,10)8-7(2,3)4/h5-6,8H,1-4H3/b6-5+. The molecule has 3 nitrogen and oxygen atoms in total. The lowest BCUT2D eigenvalue weighted by atomic mass is 10.1. The van der Waals surface area contributed by atoms with Gasteiger partial charge in [0.1, 0.15) is 0 Å². The Morgan fingerprint density at radius 1 is 1.27 bits per heavy atom. The van der Waals surface area contributed by atoms with Gasteiger partial charge in [0, 0.05) is 10.9 Å². The molecule has 0 heterocycles. The average molecular weight is 177 g/mol. The minimum atomic E-state index is -3.22. The second-order valence-corrected chi connectivity index (χ2v) is 4.93. The highest BCUT2D eigenvalue weighted by atomic mass is 32.2. The molecule has 0 spiro atoms. The van der Waals surface area contributed by atoms with Gasteiger partial charge in [0.15, 0.2) is 0 Å². The fourth-order valence-electron chi connectivity index (χ4n) is 0.640. The lowest BCUT2D eigenvalue weighted by Crippen LogP contribution is -2.39. The van der Waals surface area contributed by atoms with E-state index in [-0.39, 0.29) is 0 Å². The van der Waals surface area contributed by atoms with Gasteiger partial charge < -0.3 is 0 Å². The van der Waals surface area contributed by atoms with Crippen molar-refractivity contribution in [1.29, 1.82) is 0 Å². The van der Waals surface area contributed by atoms with Gasteiger partial charge in [-0.2, -0.15) is 0 Å². The quantitative estimate of drug-likeness (QED) is 0.689. The summed E-state index contributed by atoms with van der Waals surface area (Å²) in [4.78, 5) is 0. The Hall–Kier alpha value is -0.350. The maximum atomic E-state index is 11.0. The molecule has 0 aliphatic heterocycles. The smallest absolute Gasteiger partial charge is 0.208 e. The van der Waals surface area contributed by atoms with Crippen LogP contribution in [0.5, 0.6) is 0 Å². The van der Waals surface area contributed by atoms with Crippen LogP contribution >= 0.6 is 0 Å². The van der Waals surface area contributed by atoms with Crippen LogP contribution in [-0.4, -0.2) is 14.0 Å². The van der Waals surface area contributed by atoms with Gasteiger partial charge in [-0.3, -0.25) is 0 Å². The summed E-state index contributed by atoms with van der Waals surface area (Å²) in [5.74, 6) is 0. The minimum absolute atomic E-state index is 0.404. The first kappa shape index (κ1) is 10.7. The Morgan fingerprint density at radius 3 is 2.00 bits per heavy atom. The summed E-state index contributed by atoms with van der Waals surface area (Å²) < 4.78 is 24.6. The number of sulfonamides is 1. The van der Waals surface area contributed by atoms with Crippen molar-refractivity contribution in [2.45, 2.75) is 33.2 Å². The highest BCUT2D eigenvalue weighted by molar-refractivity contribution is 7.92. The van der Waals surface area contributed by atoms with Gasteiger partial charge >= 0.3 is 0 Å². The summed E-state index contributed by atoms with van der Waals surface area (Å²) in [5, 5.41) is 1.15. The molecule has 0 fully saturated rings. The van der Waals surface area contributed by atoms with Crippen LogP contribution < -0.4 is 4.72 Å².